The molecule has 0 radical (unpaired) electrons. The summed E-state index contributed by atoms with van der Waals surface area (Å²) in [6.07, 6.45) is 6.32. The fourth-order valence-corrected chi connectivity index (χ4v) is 4.40. The number of hydrogen-bond donors (Lipinski definition) is 2. The third kappa shape index (κ3) is 3.01. The summed E-state index contributed by atoms with van der Waals surface area (Å²) in [6.45, 7) is 0.750. The van der Waals surface area contributed by atoms with E-state index in [9.17, 15) is 4.79 Å². The van der Waals surface area contributed by atoms with Crippen molar-refractivity contribution in [2.24, 2.45) is 5.92 Å². The minimum Gasteiger partial charge on any atom is -0.397 e. The van der Waals surface area contributed by atoms with Gasteiger partial charge in [0.15, 0.2) is 0 Å². The van der Waals surface area contributed by atoms with Gasteiger partial charge >= 0.3 is 0 Å². The van der Waals surface area contributed by atoms with Crippen LogP contribution in [0.4, 0.5) is 5.69 Å². The number of nitrogens with two attached hydrogens (primary N) is 1. The van der Waals surface area contributed by atoms with E-state index in [0.29, 0.717) is 21.5 Å². The van der Waals surface area contributed by atoms with Gasteiger partial charge in [-0.05, 0) is 30.9 Å². The van der Waals surface area contributed by atoms with Crippen LogP contribution in [-0.4, -0.2) is 12.5 Å². The summed E-state index contributed by atoms with van der Waals surface area (Å²) < 4.78 is 0.961. The third-order valence-electron chi connectivity index (χ3n) is 4.18. The number of carbonyl (C=O) groups excluding carboxylic acids is 1. The first-order valence-electron chi connectivity index (χ1n) is 7.41. The zero-order valence-electron chi connectivity index (χ0n) is 11.8. The first kappa shape index (κ1) is 14.7. The van der Waals surface area contributed by atoms with E-state index < -0.39 is 0 Å². The van der Waals surface area contributed by atoms with Gasteiger partial charge in [-0.15, -0.1) is 11.3 Å². The highest BCUT2D eigenvalue weighted by Gasteiger charge is 2.19. The van der Waals surface area contributed by atoms with Crippen molar-refractivity contribution in [3.63, 3.8) is 0 Å². The van der Waals surface area contributed by atoms with E-state index in [1.165, 1.54) is 43.4 Å². The Kier molecular flexibility index (Phi) is 4.36. The molecule has 112 valence electrons. The zero-order chi connectivity index (χ0) is 14.8. The highest BCUT2D eigenvalue weighted by molar-refractivity contribution is 7.21. The number of halogens is 1. The Morgan fingerprint density at radius 3 is 2.81 bits per heavy atom. The number of amides is 1. The van der Waals surface area contributed by atoms with Gasteiger partial charge in [-0.25, -0.2) is 0 Å². The first-order valence-corrected chi connectivity index (χ1v) is 8.61. The van der Waals surface area contributed by atoms with Gasteiger partial charge in [0.25, 0.3) is 5.91 Å². The highest BCUT2D eigenvalue weighted by atomic mass is 35.5. The van der Waals surface area contributed by atoms with Crippen LogP contribution in [0, 0.1) is 5.92 Å². The molecule has 1 aromatic heterocycles. The van der Waals surface area contributed by atoms with Gasteiger partial charge in [-0.1, -0.05) is 36.9 Å². The van der Waals surface area contributed by atoms with Crippen LogP contribution < -0.4 is 11.1 Å². The molecule has 0 aliphatic heterocycles. The molecule has 2 aromatic rings. The molecule has 3 N–H and O–H groups in total. The van der Waals surface area contributed by atoms with E-state index >= 15 is 0 Å². The van der Waals surface area contributed by atoms with Crippen molar-refractivity contribution in [1.29, 1.82) is 0 Å². The van der Waals surface area contributed by atoms with Crippen molar-refractivity contribution in [1.82, 2.24) is 5.32 Å². The molecule has 21 heavy (non-hydrogen) atoms. The van der Waals surface area contributed by atoms with Crippen molar-refractivity contribution < 1.29 is 4.79 Å². The van der Waals surface area contributed by atoms with Crippen molar-refractivity contribution in [2.45, 2.75) is 32.1 Å². The van der Waals surface area contributed by atoms with Gasteiger partial charge in [0.05, 0.1) is 10.7 Å². The molecule has 1 aliphatic rings. The Morgan fingerprint density at radius 1 is 1.33 bits per heavy atom. The van der Waals surface area contributed by atoms with Crippen LogP contribution in [0.25, 0.3) is 10.1 Å². The molecule has 1 heterocycles. The molecular weight excluding hydrogens is 304 g/mol. The molecule has 0 unspecified atom stereocenters. The second-order valence-corrected chi connectivity index (χ2v) is 7.13. The SMILES string of the molecule is Nc1c(C(=O)NCC2CCCCC2)sc2cccc(Cl)c12. The lowest BCUT2D eigenvalue weighted by Crippen LogP contribution is -2.30. The Labute approximate surface area is 133 Å². The molecule has 1 aliphatic carbocycles. The predicted octanol–water partition coefficient (Wildman–Crippen LogP) is 4.45. The molecule has 3 nitrogen and oxygen atoms in total. The number of hydrogen-bond acceptors (Lipinski definition) is 3. The van der Waals surface area contributed by atoms with Crippen molar-refractivity contribution in [3.8, 4) is 0 Å². The number of anilines is 1. The Morgan fingerprint density at radius 2 is 2.10 bits per heavy atom. The fraction of sp³-hybridized carbons (Fsp3) is 0.438. The number of rotatable bonds is 3. The van der Waals surface area contributed by atoms with Gasteiger partial charge < -0.3 is 11.1 Å². The van der Waals surface area contributed by atoms with Gasteiger partial charge in [0.1, 0.15) is 4.88 Å². The van der Waals surface area contributed by atoms with Crippen molar-refractivity contribution >= 4 is 44.6 Å². The molecular formula is C16H19ClN2OS. The van der Waals surface area contributed by atoms with Crippen molar-refractivity contribution in [2.75, 3.05) is 12.3 Å². The summed E-state index contributed by atoms with van der Waals surface area (Å²) in [5, 5.41) is 4.44. The number of nitrogen functional groups attached to an aromatic ring is 1. The molecule has 0 spiro atoms. The molecule has 1 aromatic carbocycles. The van der Waals surface area contributed by atoms with E-state index in [1.54, 1.807) is 6.07 Å². The molecule has 0 saturated heterocycles. The Balaban J connectivity index is 1.75. The van der Waals surface area contributed by atoms with Gasteiger partial charge in [0, 0.05) is 16.6 Å². The van der Waals surface area contributed by atoms with Crippen LogP contribution in [0.2, 0.25) is 5.02 Å². The summed E-state index contributed by atoms with van der Waals surface area (Å²) in [7, 11) is 0. The van der Waals surface area contributed by atoms with Gasteiger partial charge in [0.2, 0.25) is 0 Å². The van der Waals surface area contributed by atoms with Crippen LogP contribution in [0.1, 0.15) is 41.8 Å². The highest BCUT2D eigenvalue weighted by Crippen LogP contribution is 2.38. The lowest BCUT2D eigenvalue weighted by atomic mass is 9.89. The maximum atomic E-state index is 12.4. The molecule has 0 atom stereocenters. The average Bonchev–Trinajstić information content (AvgIpc) is 2.84. The summed E-state index contributed by atoms with van der Waals surface area (Å²) in [5.41, 5.74) is 6.62. The molecule has 3 rings (SSSR count). The van der Waals surface area contributed by atoms with E-state index in [1.807, 2.05) is 12.1 Å². The molecule has 1 fully saturated rings. The van der Waals surface area contributed by atoms with Crippen LogP contribution >= 0.6 is 22.9 Å². The summed E-state index contributed by atoms with van der Waals surface area (Å²) in [4.78, 5) is 12.9. The molecule has 0 bridgehead atoms. The summed E-state index contributed by atoms with van der Waals surface area (Å²) >= 11 is 7.59. The summed E-state index contributed by atoms with van der Waals surface area (Å²) in [6, 6.07) is 5.63. The van der Waals surface area contributed by atoms with Gasteiger partial charge in [-0.2, -0.15) is 0 Å². The predicted molar refractivity (Wildman–Crippen MR) is 90.2 cm³/mol. The van der Waals surface area contributed by atoms with E-state index in [4.69, 9.17) is 17.3 Å². The number of thiophene rings is 1. The molecule has 1 amide bonds. The molecule has 1 saturated carbocycles. The standard InChI is InChI=1S/C16H19ClN2OS/c17-11-7-4-8-12-13(11)14(18)15(21-12)16(20)19-9-10-5-2-1-3-6-10/h4,7-8,10H,1-3,5-6,9,18H2,(H,19,20). The average molecular weight is 323 g/mol. The monoisotopic (exact) mass is 322 g/mol. The van der Waals surface area contributed by atoms with E-state index in [-0.39, 0.29) is 5.91 Å². The lowest BCUT2D eigenvalue weighted by molar-refractivity contribution is 0.0948. The Bertz CT molecular complexity index is 662. The normalized spacial score (nSPS) is 16.2. The fourth-order valence-electron chi connectivity index (χ4n) is 3.01. The smallest absolute Gasteiger partial charge is 0.263 e. The number of benzene rings is 1. The first-order chi connectivity index (χ1) is 10.2. The summed E-state index contributed by atoms with van der Waals surface area (Å²) in [5.74, 6) is 0.539. The quantitative estimate of drug-likeness (QED) is 0.877. The zero-order valence-corrected chi connectivity index (χ0v) is 13.4. The Hall–Kier alpha value is -1.26. The maximum absolute atomic E-state index is 12.4. The number of fused-ring (bicyclic) bond motifs is 1. The van der Waals surface area contributed by atoms with Crippen LogP contribution in [0.15, 0.2) is 18.2 Å². The number of nitrogens with one attached hydrogen (secondary N) is 1. The minimum atomic E-state index is -0.0738. The third-order valence-corrected chi connectivity index (χ3v) is 5.67. The van der Waals surface area contributed by atoms with Crippen LogP contribution in [-0.2, 0) is 0 Å². The maximum Gasteiger partial charge on any atom is 0.263 e. The topological polar surface area (TPSA) is 55.1 Å². The van der Waals surface area contributed by atoms with Crippen LogP contribution in [0.3, 0.4) is 0 Å². The number of carbonyl (C=O) groups is 1. The minimum absolute atomic E-state index is 0.0738. The van der Waals surface area contributed by atoms with Crippen molar-refractivity contribution in [3.05, 3.63) is 28.1 Å². The van der Waals surface area contributed by atoms with E-state index in [2.05, 4.69) is 5.32 Å². The van der Waals surface area contributed by atoms with Crippen LogP contribution in [0.5, 0.6) is 0 Å². The second-order valence-electron chi connectivity index (χ2n) is 5.67. The molecule has 5 heteroatoms. The second kappa shape index (κ2) is 6.24. The van der Waals surface area contributed by atoms with E-state index in [0.717, 1.165) is 16.6 Å². The van der Waals surface area contributed by atoms with Gasteiger partial charge in [-0.3, -0.25) is 4.79 Å². The largest absolute Gasteiger partial charge is 0.397 e. The lowest BCUT2D eigenvalue weighted by Gasteiger charge is -2.21.